The number of halogens is 3. The maximum atomic E-state index is 11.8. The van der Waals surface area contributed by atoms with Gasteiger partial charge in [-0.05, 0) is 12.1 Å². The van der Waals surface area contributed by atoms with Gasteiger partial charge in [0.2, 0.25) is 0 Å². The molecular weight excluding hydrogens is 273 g/mol. The number of aldehydes is 1. The van der Waals surface area contributed by atoms with Crippen LogP contribution < -0.4 is 9.44 Å². The number of alkyl halides is 3. The molecule has 1 aromatic rings. The Morgan fingerprint density at radius 3 is 2.50 bits per heavy atom. The molecule has 0 spiro atoms. The quantitative estimate of drug-likeness (QED) is 0.799. The van der Waals surface area contributed by atoms with Gasteiger partial charge in [-0.3, -0.25) is 9.52 Å². The monoisotopic (exact) mass is 282 g/mol. The number of nitrogens with one attached hydrogen (secondary N) is 2. The lowest BCUT2D eigenvalue weighted by Crippen LogP contribution is -2.37. The molecule has 9 heteroatoms. The van der Waals surface area contributed by atoms with E-state index in [0.29, 0.717) is 6.29 Å². The van der Waals surface area contributed by atoms with E-state index in [-0.39, 0.29) is 11.3 Å². The summed E-state index contributed by atoms with van der Waals surface area (Å²) >= 11 is 0. The van der Waals surface area contributed by atoms with Crippen LogP contribution in [0.2, 0.25) is 0 Å². The van der Waals surface area contributed by atoms with Gasteiger partial charge in [-0.1, -0.05) is 12.1 Å². The van der Waals surface area contributed by atoms with Gasteiger partial charge in [0, 0.05) is 5.56 Å². The molecule has 0 aliphatic heterocycles. The van der Waals surface area contributed by atoms with Crippen LogP contribution >= 0.6 is 0 Å². The van der Waals surface area contributed by atoms with Gasteiger partial charge in [-0.25, -0.2) is 0 Å². The SMILES string of the molecule is O=Cc1cccc(NS(=O)(=O)NCC(F)(F)F)c1. The standard InChI is InChI=1S/C9H9F3N2O3S/c10-9(11,12)6-13-18(16,17)14-8-3-1-2-7(4-8)5-15/h1-5,13-14H,6H2. The van der Waals surface area contributed by atoms with E-state index in [4.69, 9.17) is 0 Å². The third-order valence-corrected chi connectivity index (χ3v) is 2.77. The van der Waals surface area contributed by atoms with Gasteiger partial charge >= 0.3 is 6.18 Å². The van der Waals surface area contributed by atoms with Crippen LogP contribution in [0.5, 0.6) is 0 Å². The molecular formula is C9H9F3N2O3S. The van der Waals surface area contributed by atoms with E-state index in [9.17, 15) is 26.4 Å². The van der Waals surface area contributed by atoms with Crippen LogP contribution in [0.15, 0.2) is 24.3 Å². The zero-order valence-electron chi connectivity index (χ0n) is 8.86. The van der Waals surface area contributed by atoms with Gasteiger partial charge in [0.15, 0.2) is 0 Å². The average Bonchev–Trinajstić information content (AvgIpc) is 2.25. The molecule has 0 bridgehead atoms. The minimum atomic E-state index is -4.64. The number of carbonyl (C=O) groups excluding carboxylic acids is 1. The first kappa shape index (κ1) is 14.5. The maximum Gasteiger partial charge on any atom is 0.402 e. The van der Waals surface area contributed by atoms with E-state index >= 15 is 0 Å². The molecule has 0 aliphatic carbocycles. The first-order valence-electron chi connectivity index (χ1n) is 4.61. The number of rotatable bonds is 5. The van der Waals surface area contributed by atoms with Crippen molar-refractivity contribution in [2.45, 2.75) is 6.18 Å². The maximum absolute atomic E-state index is 11.8. The van der Waals surface area contributed by atoms with Crippen molar-refractivity contribution in [2.75, 3.05) is 11.3 Å². The van der Waals surface area contributed by atoms with Crippen LogP contribution in [0.25, 0.3) is 0 Å². The smallest absolute Gasteiger partial charge is 0.298 e. The molecule has 2 N–H and O–H groups in total. The topological polar surface area (TPSA) is 75.3 Å². The van der Waals surface area contributed by atoms with E-state index in [2.05, 4.69) is 0 Å². The number of hydrogen-bond acceptors (Lipinski definition) is 3. The number of carbonyl (C=O) groups is 1. The van der Waals surface area contributed by atoms with Crippen molar-refractivity contribution in [1.29, 1.82) is 0 Å². The normalized spacial score (nSPS) is 12.2. The molecule has 0 aromatic heterocycles. The second-order valence-electron chi connectivity index (χ2n) is 3.29. The molecule has 1 aromatic carbocycles. The van der Waals surface area contributed by atoms with E-state index in [0.717, 1.165) is 0 Å². The minimum absolute atomic E-state index is 0.00530. The lowest BCUT2D eigenvalue weighted by Gasteiger charge is -2.11. The van der Waals surface area contributed by atoms with Crippen LogP contribution in [0, 0.1) is 0 Å². The lowest BCUT2D eigenvalue weighted by atomic mass is 10.2. The predicted octanol–water partition coefficient (Wildman–Crippen LogP) is 1.31. The van der Waals surface area contributed by atoms with Crippen molar-refractivity contribution in [3.05, 3.63) is 29.8 Å². The molecule has 18 heavy (non-hydrogen) atoms. The highest BCUT2D eigenvalue weighted by Crippen LogP contribution is 2.14. The van der Waals surface area contributed by atoms with E-state index in [1.165, 1.54) is 29.0 Å². The summed E-state index contributed by atoms with van der Waals surface area (Å²) in [5.41, 5.74) is 0.195. The Morgan fingerprint density at radius 1 is 1.28 bits per heavy atom. The van der Waals surface area contributed by atoms with E-state index in [1.54, 1.807) is 0 Å². The third kappa shape index (κ3) is 5.15. The van der Waals surface area contributed by atoms with Crippen LogP contribution in [0.3, 0.4) is 0 Å². The second-order valence-corrected chi connectivity index (χ2v) is 4.78. The fourth-order valence-electron chi connectivity index (χ4n) is 1.04. The molecule has 0 amide bonds. The Kier molecular flexibility index (Phi) is 4.30. The molecule has 1 rings (SSSR count). The second kappa shape index (κ2) is 5.36. The van der Waals surface area contributed by atoms with Gasteiger partial charge < -0.3 is 0 Å². The van der Waals surface area contributed by atoms with Crippen molar-refractivity contribution >= 4 is 22.2 Å². The highest BCUT2D eigenvalue weighted by molar-refractivity contribution is 7.90. The number of benzene rings is 1. The molecule has 0 atom stereocenters. The molecule has 100 valence electrons. The highest BCUT2D eigenvalue weighted by Gasteiger charge is 2.29. The summed E-state index contributed by atoms with van der Waals surface area (Å²) in [4.78, 5) is 10.4. The Morgan fingerprint density at radius 2 is 1.94 bits per heavy atom. The molecule has 0 heterocycles. The van der Waals surface area contributed by atoms with Crippen molar-refractivity contribution in [3.63, 3.8) is 0 Å². The number of anilines is 1. The fraction of sp³-hybridized carbons (Fsp3) is 0.222. The van der Waals surface area contributed by atoms with Crippen molar-refractivity contribution in [3.8, 4) is 0 Å². The fourth-order valence-corrected chi connectivity index (χ4v) is 1.91. The van der Waals surface area contributed by atoms with Crippen LogP contribution in [-0.2, 0) is 10.2 Å². The van der Waals surface area contributed by atoms with Gasteiger partial charge in [-0.15, -0.1) is 0 Å². The Hall–Kier alpha value is -1.61. The van der Waals surface area contributed by atoms with Gasteiger partial charge in [0.1, 0.15) is 12.8 Å². The molecule has 0 radical (unpaired) electrons. The zero-order chi connectivity index (χ0) is 13.8. The van der Waals surface area contributed by atoms with Crippen LogP contribution in [0.4, 0.5) is 18.9 Å². The lowest BCUT2D eigenvalue weighted by molar-refractivity contribution is -0.121. The highest BCUT2D eigenvalue weighted by atomic mass is 32.2. The summed E-state index contributed by atoms with van der Waals surface area (Å²) in [6.07, 6.45) is -4.15. The van der Waals surface area contributed by atoms with Crippen LogP contribution in [-0.4, -0.2) is 27.4 Å². The molecule has 0 fully saturated rings. The number of hydrogen-bond donors (Lipinski definition) is 2. The molecule has 0 aliphatic rings. The van der Waals surface area contributed by atoms with Crippen molar-refractivity contribution in [2.24, 2.45) is 0 Å². The molecule has 5 nitrogen and oxygen atoms in total. The third-order valence-electron chi connectivity index (χ3n) is 1.74. The van der Waals surface area contributed by atoms with Crippen LogP contribution in [0.1, 0.15) is 10.4 Å². The summed E-state index contributed by atoms with van der Waals surface area (Å²) in [7, 11) is -4.33. The molecule has 0 unspecified atom stereocenters. The summed E-state index contributed by atoms with van der Waals surface area (Å²) in [6, 6.07) is 5.32. The largest absolute Gasteiger partial charge is 0.402 e. The van der Waals surface area contributed by atoms with Gasteiger partial charge in [0.25, 0.3) is 10.2 Å². The summed E-state index contributed by atoms with van der Waals surface area (Å²) in [5, 5.41) is 0. The zero-order valence-corrected chi connectivity index (χ0v) is 9.68. The van der Waals surface area contributed by atoms with E-state index < -0.39 is 22.9 Å². The predicted molar refractivity (Wildman–Crippen MR) is 58.4 cm³/mol. The first-order chi connectivity index (χ1) is 8.22. The van der Waals surface area contributed by atoms with Gasteiger partial charge in [-0.2, -0.15) is 26.3 Å². The minimum Gasteiger partial charge on any atom is -0.298 e. The van der Waals surface area contributed by atoms with Crippen molar-refractivity contribution in [1.82, 2.24) is 4.72 Å². The molecule has 0 saturated carbocycles. The average molecular weight is 282 g/mol. The molecule has 0 saturated heterocycles. The summed E-state index contributed by atoms with van der Waals surface area (Å²) in [6.45, 7) is -1.67. The Labute approximate surface area is 101 Å². The Bertz CT molecular complexity index is 528. The van der Waals surface area contributed by atoms with Crippen molar-refractivity contribution < 1.29 is 26.4 Å². The Balaban J connectivity index is 2.73. The first-order valence-corrected chi connectivity index (χ1v) is 6.09. The van der Waals surface area contributed by atoms with E-state index in [1.807, 2.05) is 4.72 Å². The van der Waals surface area contributed by atoms with Gasteiger partial charge in [0.05, 0.1) is 5.69 Å². The summed E-state index contributed by atoms with van der Waals surface area (Å²) in [5.74, 6) is 0. The summed E-state index contributed by atoms with van der Waals surface area (Å²) < 4.78 is 61.2.